The van der Waals surface area contributed by atoms with E-state index in [1.807, 2.05) is 75.3 Å². The average Bonchev–Trinajstić information content (AvgIpc) is 2.88. The van der Waals surface area contributed by atoms with Crippen LogP contribution in [0.25, 0.3) is 6.08 Å². The summed E-state index contributed by atoms with van der Waals surface area (Å²) < 4.78 is 0. The van der Waals surface area contributed by atoms with Crippen molar-refractivity contribution in [2.45, 2.75) is 13.8 Å². The molecular weight excluding hydrogens is 386 g/mol. The summed E-state index contributed by atoms with van der Waals surface area (Å²) in [6.07, 6.45) is 1.67. The maximum atomic E-state index is 12.6. The SMILES string of the molecule is Cc1cc(C)cc(NC(=O)CN2C(=O)S/C(=C/c3ccc(N(C)C)cc3)C2=O)c1. The molecule has 0 aliphatic carbocycles. The number of benzene rings is 2. The van der Waals surface area contributed by atoms with E-state index in [0.29, 0.717) is 10.6 Å². The predicted octanol–water partition coefficient (Wildman–Crippen LogP) is 4.04. The maximum absolute atomic E-state index is 12.6. The molecule has 1 heterocycles. The van der Waals surface area contributed by atoms with Crippen LogP contribution in [0.4, 0.5) is 16.2 Å². The summed E-state index contributed by atoms with van der Waals surface area (Å²) in [5.74, 6) is -0.860. The molecule has 1 aliphatic rings. The third kappa shape index (κ3) is 5.06. The van der Waals surface area contributed by atoms with Gasteiger partial charge in [0.1, 0.15) is 6.54 Å². The molecule has 1 N–H and O–H groups in total. The first-order chi connectivity index (χ1) is 13.7. The van der Waals surface area contributed by atoms with Gasteiger partial charge in [0.05, 0.1) is 4.91 Å². The van der Waals surface area contributed by atoms with E-state index in [2.05, 4.69) is 5.32 Å². The second-order valence-electron chi connectivity index (χ2n) is 7.18. The number of aryl methyl sites for hydroxylation is 2. The van der Waals surface area contributed by atoms with Crippen molar-refractivity contribution in [2.24, 2.45) is 0 Å². The number of amides is 3. The fourth-order valence-corrected chi connectivity index (χ4v) is 3.89. The third-order valence-electron chi connectivity index (χ3n) is 4.39. The number of hydrogen-bond acceptors (Lipinski definition) is 5. The Balaban J connectivity index is 1.69. The quantitative estimate of drug-likeness (QED) is 0.755. The molecule has 6 nitrogen and oxygen atoms in total. The predicted molar refractivity (Wildman–Crippen MR) is 118 cm³/mol. The second-order valence-corrected chi connectivity index (χ2v) is 8.17. The second kappa shape index (κ2) is 8.53. The Kier molecular flexibility index (Phi) is 6.08. The molecular formula is C22H23N3O3S. The molecule has 2 aromatic rings. The van der Waals surface area contributed by atoms with Crippen LogP contribution in [0.2, 0.25) is 0 Å². The molecule has 1 saturated heterocycles. The number of hydrogen-bond donors (Lipinski definition) is 1. The van der Waals surface area contributed by atoms with Gasteiger partial charge in [0, 0.05) is 25.5 Å². The lowest BCUT2D eigenvalue weighted by Gasteiger charge is -2.13. The largest absolute Gasteiger partial charge is 0.378 e. The molecule has 7 heteroatoms. The zero-order valence-electron chi connectivity index (χ0n) is 16.9. The zero-order valence-corrected chi connectivity index (χ0v) is 17.7. The number of nitrogens with zero attached hydrogens (tertiary/aromatic N) is 2. The molecule has 150 valence electrons. The van der Waals surface area contributed by atoms with Gasteiger partial charge in [-0.15, -0.1) is 0 Å². The van der Waals surface area contributed by atoms with Crippen LogP contribution in [-0.2, 0) is 9.59 Å². The van der Waals surface area contributed by atoms with Gasteiger partial charge in [0.15, 0.2) is 0 Å². The Morgan fingerprint density at radius 3 is 2.28 bits per heavy atom. The fraction of sp³-hybridized carbons (Fsp3) is 0.227. The summed E-state index contributed by atoms with van der Waals surface area (Å²) in [6.45, 7) is 3.57. The molecule has 0 atom stereocenters. The van der Waals surface area contributed by atoms with Gasteiger partial charge in [0.25, 0.3) is 11.1 Å². The van der Waals surface area contributed by atoms with Gasteiger partial charge < -0.3 is 10.2 Å². The number of thioether (sulfide) groups is 1. The van der Waals surface area contributed by atoms with Crippen LogP contribution < -0.4 is 10.2 Å². The van der Waals surface area contributed by atoms with Crippen molar-refractivity contribution in [3.05, 3.63) is 64.1 Å². The molecule has 3 rings (SSSR count). The minimum absolute atomic E-state index is 0.311. The number of carbonyl (C=O) groups is 3. The van der Waals surface area contributed by atoms with Crippen LogP contribution in [0.3, 0.4) is 0 Å². The van der Waals surface area contributed by atoms with Crippen molar-refractivity contribution >= 4 is 46.3 Å². The normalized spacial score (nSPS) is 15.2. The number of rotatable bonds is 5. The Morgan fingerprint density at radius 1 is 1.07 bits per heavy atom. The van der Waals surface area contributed by atoms with Crippen molar-refractivity contribution < 1.29 is 14.4 Å². The van der Waals surface area contributed by atoms with E-state index in [0.717, 1.165) is 39.0 Å². The lowest BCUT2D eigenvalue weighted by molar-refractivity contribution is -0.127. The van der Waals surface area contributed by atoms with E-state index in [-0.39, 0.29) is 6.54 Å². The highest BCUT2D eigenvalue weighted by Crippen LogP contribution is 2.32. The Hall–Kier alpha value is -3.06. The minimum Gasteiger partial charge on any atom is -0.378 e. The highest BCUT2D eigenvalue weighted by Gasteiger charge is 2.36. The van der Waals surface area contributed by atoms with Crippen LogP contribution in [0.5, 0.6) is 0 Å². The summed E-state index contributed by atoms with van der Waals surface area (Å²) in [5.41, 5.74) is 4.56. The van der Waals surface area contributed by atoms with Crippen LogP contribution in [0, 0.1) is 13.8 Å². The van der Waals surface area contributed by atoms with E-state index in [4.69, 9.17) is 0 Å². The Bertz CT molecular complexity index is 977. The number of imide groups is 1. The molecule has 3 amide bonds. The molecule has 29 heavy (non-hydrogen) atoms. The lowest BCUT2D eigenvalue weighted by atomic mass is 10.1. The topological polar surface area (TPSA) is 69.7 Å². The first-order valence-electron chi connectivity index (χ1n) is 9.14. The third-order valence-corrected chi connectivity index (χ3v) is 5.30. The lowest BCUT2D eigenvalue weighted by Crippen LogP contribution is -2.36. The van der Waals surface area contributed by atoms with Gasteiger partial charge in [0.2, 0.25) is 5.91 Å². The summed E-state index contributed by atoms with van der Waals surface area (Å²) in [5, 5.41) is 2.31. The molecule has 2 aromatic carbocycles. The molecule has 0 radical (unpaired) electrons. The van der Waals surface area contributed by atoms with Gasteiger partial charge in [-0.2, -0.15) is 0 Å². The molecule has 1 aliphatic heterocycles. The van der Waals surface area contributed by atoms with Gasteiger partial charge >= 0.3 is 0 Å². The Morgan fingerprint density at radius 2 is 1.69 bits per heavy atom. The summed E-state index contributed by atoms with van der Waals surface area (Å²) in [6, 6.07) is 13.3. The molecule has 0 aromatic heterocycles. The van der Waals surface area contributed by atoms with Gasteiger partial charge in [-0.25, -0.2) is 0 Å². The standard InChI is InChI=1S/C22H23N3O3S/c1-14-9-15(2)11-17(10-14)23-20(26)13-25-21(27)19(29-22(25)28)12-16-5-7-18(8-6-16)24(3)4/h5-12H,13H2,1-4H3,(H,23,26)/b19-12+. The number of nitrogens with one attached hydrogen (secondary N) is 1. The van der Waals surface area contributed by atoms with Crippen LogP contribution >= 0.6 is 11.8 Å². The number of carbonyl (C=O) groups excluding carboxylic acids is 3. The highest BCUT2D eigenvalue weighted by atomic mass is 32.2. The summed E-state index contributed by atoms with van der Waals surface area (Å²) in [7, 11) is 3.90. The summed E-state index contributed by atoms with van der Waals surface area (Å²) >= 11 is 0.848. The zero-order chi connectivity index (χ0) is 21.1. The molecule has 1 fully saturated rings. The Labute approximate surface area is 174 Å². The average molecular weight is 410 g/mol. The van der Waals surface area contributed by atoms with Crippen molar-refractivity contribution in [3.63, 3.8) is 0 Å². The van der Waals surface area contributed by atoms with Gasteiger partial charge in [-0.1, -0.05) is 18.2 Å². The van der Waals surface area contributed by atoms with E-state index in [1.165, 1.54) is 0 Å². The highest BCUT2D eigenvalue weighted by molar-refractivity contribution is 8.18. The molecule has 0 bridgehead atoms. The van der Waals surface area contributed by atoms with Crippen molar-refractivity contribution in [3.8, 4) is 0 Å². The van der Waals surface area contributed by atoms with Crippen molar-refractivity contribution in [1.29, 1.82) is 0 Å². The molecule has 0 spiro atoms. The van der Waals surface area contributed by atoms with Gasteiger partial charge in [-0.3, -0.25) is 19.3 Å². The van der Waals surface area contributed by atoms with Crippen molar-refractivity contribution in [1.82, 2.24) is 4.90 Å². The minimum atomic E-state index is -0.452. The van der Waals surface area contributed by atoms with Crippen LogP contribution in [-0.4, -0.2) is 42.6 Å². The summed E-state index contributed by atoms with van der Waals surface area (Å²) in [4.78, 5) is 40.5. The van der Waals surface area contributed by atoms with E-state index >= 15 is 0 Å². The van der Waals surface area contributed by atoms with Crippen LogP contribution in [0.15, 0.2) is 47.4 Å². The van der Waals surface area contributed by atoms with Crippen LogP contribution in [0.1, 0.15) is 16.7 Å². The number of anilines is 2. The maximum Gasteiger partial charge on any atom is 0.294 e. The molecule has 0 unspecified atom stereocenters. The van der Waals surface area contributed by atoms with Crippen molar-refractivity contribution in [2.75, 3.05) is 30.9 Å². The van der Waals surface area contributed by atoms with Gasteiger partial charge in [-0.05, 0) is 72.6 Å². The monoisotopic (exact) mass is 409 g/mol. The van der Waals surface area contributed by atoms with E-state index < -0.39 is 17.1 Å². The molecule has 0 saturated carbocycles. The smallest absolute Gasteiger partial charge is 0.294 e. The first-order valence-corrected chi connectivity index (χ1v) is 9.95. The fourth-order valence-electron chi connectivity index (χ4n) is 3.05. The first kappa shape index (κ1) is 20.7. The van der Waals surface area contributed by atoms with E-state index in [1.54, 1.807) is 6.08 Å². The van der Waals surface area contributed by atoms with E-state index in [9.17, 15) is 14.4 Å².